The van der Waals surface area contributed by atoms with Crippen LogP contribution in [-0.2, 0) is 9.47 Å². The first kappa shape index (κ1) is 25.3. The van der Waals surface area contributed by atoms with Gasteiger partial charge in [0.1, 0.15) is 5.82 Å². The van der Waals surface area contributed by atoms with Crippen molar-refractivity contribution >= 4 is 29.9 Å². The quantitative estimate of drug-likeness (QED) is 0.320. The molecule has 0 aromatic heterocycles. The first-order valence-electron chi connectivity index (χ1n) is 10.7. The maximum absolute atomic E-state index is 13.2. The van der Waals surface area contributed by atoms with E-state index in [-0.39, 0.29) is 41.4 Å². The third kappa shape index (κ3) is 6.77. The van der Waals surface area contributed by atoms with Crippen LogP contribution in [0.1, 0.15) is 43.8 Å². The molecule has 1 atom stereocenters. The predicted molar refractivity (Wildman–Crippen MR) is 129 cm³/mol. The van der Waals surface area contributed by atoms with Gasteiger partial charge in [0.05, 0.1) is 19.3 Å². The molecule has 0 radical (unpaired) electrons. The van der Waals surface area contributed by atoms with Gasteiger partial charge in [-0.05, 0) is 30.5 Å². The molecule has 1 aromatic carbocycles. The maximum Gasteiger partial charge on any atom is 0.191 e. The molecule has 0 amide bonds. The summed E-state index contributed by atoms with van der Waals surface area (Å²) in [5, 5.41) is 6.93. The Balaban J connectivity index is 0.00000320. The number of hydrogen-bond acceptors (Lipinski definition) is 4. The van der Waals surface area contributed by atoms with Crippen molar-refractivity contribution < 1.29 is 13.9 Å². The number of morpholine rings is 1. The van der Waals surface area contributed by atoms with Crippen LogP contribution in [0.25, 0.3) is 0 Å². The molecule has 1 aliphatic carbocycles. The summed E-state index contributed by atoms with van der Waals surface area (Å²) in [4.78, 5) is 7.02. The van der Waals surface area contributed by atoms with Crippen molar-refractivity contribution in [3.63, 3.8) is 0 Å². The molecule has 170 valence electrons. The fourth-order valence-electron chi connectivity index (χ4n) is 4.53. The van der Waals surface area contributed by atoms with Gasteiger partial charge in [0, 0.05) is 45.9 Å². The number of halogens is 2. The minimum atomic E-state index is -0.241. The van der Waals surface area contributed by atoms with Crippen molar-refractivity contribution in [1.29, 1.82) is 0 Å². The standard InChI is InChI=1S/C22H35FN4O2.HI/c1-24-21(25-16-20(28-2)18-6-8-19(23)9-7-18)26-17-22(10-4-3-5-11-22)27-12-14-29-15-13-27;/h6-9,20H,3-5,10-17H2,1-2H3,(H2,24,25,26);1H. The number of ether oxygens (including phenoxy) is 2. The predicted octanol–water partition coefficient (Wildman–Crippen LogP) is 3.33. The van der Waals surface area contributed by atoms with Crippen LogP contribution in [0.5, 0.6) is 0 Å². The zero-order chi connectivity index (χ0) is 20.5. The van der Waals surface area contributed by atoms with E-state index in [2.05, 4.69) is 20.5 Å². The van der Waals surface area contributed by atoms with Crippen molar-refractivity contribution in [3.8, 4) is 0 Å². The van der Waals surface area contributed by atoms with Gasteiger partial charge < -0.3 is 20.1 Å². The number of methoxy groups -OCH3 is 1. The third-order valence-electron chi connectivity index (χ3n) is 6.26. The molecule has 2 fully saturated rings. The zero-order valence-corrected chi connectivity index (χ0v) is 20.5. The van der Waals surface area contributed by atoms with Gasteiger partial charge in [-0.2, -0.15) is 0 Å². The first-order valence-corrected chi connectivity index (χ1v) is 10.7. The molecule has 30 heavy (non-hydrogen) atoms. The Labute approximate surface area is 197 Å². The van der Waals surface area contributed by atoms with Crippen LogP contribution in [-0.4, -0.2) is 69.9 Å². The van der Waals surface area contributed by atoms with Crippen molar-refractivity contribution in [2.45, 2.75) is 43.7 Å². The molecule has 1 saturated carbocycles. The number of guanidine groups is 1. The zero-order valence-electron chi connectivity index (χ0n) is 18.2. The summed E-state index contributed by atoms with van der Waals surface area (Å²) in [7, 11) is 3.46. The van der Waals surface area contributed by atoms with Crippen LogP contribution < -0.4 is 10.6 Å². The second kappa shape index (κ2) is 12.8. The van der Waals surface area contributed by atoms with Crippen LogP contribution >= 0.6 is 24.0 Å². The number of rotatable bonds is 7. The summed E-state index contributed by atoms with van der Waals surface area (Å²) >= 11 is 0. The Morgan fingerprint density at radius 3 is 2.43 bits per heavy atom. The van der Waals surface area contributed by atoms with E-state index >= 15 is 0 Å². The largest absolute Gasteiger partial charge is 0.379 e. The van der Waals surface area contributed by atoms with E-state index in [1.54, 1.807) is 26.3 Å². The molecule has 1 unspecified atom stereocenters. The lowest BCUT2D eigenvalue weighted by atomic mass is 9.80. The highest BCUT2D eigenvalue weighted by Crippen LogP contribution is 2.33. The normalized spacial score (nSPS) is 20.8. The summed E-state index contributed by atoms with van der Waals surface area (Å²) in [6.45, 7) is 5.09. The van der Waals surface area contributed by atoms with Crippen LogP contribution in [0.3, 0.4) is 0 Å². The highest BCUT2D eigenvalue weighted by atomic mass is 127. The van der Waals surface area contributed by atoms with E-state index in [0.717, 1.165) is 44.4 Å². The lowest BCUT2D eigenvalue weighted by molar-refractivity contribution is -0.0352. The smallest absolute Gasteiger partial charge is 0.191 e. The Kier molecular flexibility index (Phi) is 10.8. The van der Waals surface area contributed by atoms with E-state index in [0.29, 0.717) is 6.54 Å². The molecule has 0 spiro atoms. The fourth-order valence-corrected chi connectivity index (χ4v) is 4.53. The van der Waals surface area contributed by atoms with Gasteiger partial charge in [0.15, 0.2) is 5.96 Å². The molecule has 1 aromatic rings. The molecular weight excluding hydrogens is 498 g/mol. The second-order valence-electron chi connectivity index (χ2n) is 7.97. The first-order chi connectivity index (χ1) is 14.2. The summed E-state index contributed by atoms with van der Waals surface area (Å²) in [5.41, 5.74) is 1.12. The molecule has 6 nitrogen and oxygen atoms in total. The van der Waals surface area contributed by atoms with E-state index in [4.69, 9.17) is 9.47 Å². The van der Waals surface area contributed by atoms with Crippen molar-refractivity contribution in [3.05, 3.63) is 35.6 Å². The minimum Gasteiger partial charge on any atom is -0.379 e. The summed E-state index contributed by atoms with van der Waals surface area (Å²) in [5.74, 6) is 0.530. The minimum absolute atomic E-state index is 0. The average Bonchev–Trinajstić information content (AvgIpc) is 2.78. The average molecular weight is 534 g/mol. The molecule has 2 N–H and O–H groups in total. The highest BCUT2D eigenvalue weighted by molar-refractivity contribution is 14.0. The maximum atomic E-state index is 13.2. The SMILES string of the molecule is CN=C(NCC(OC)c1ccc(F)cc1)NCC1(N2CCOCC2)CCCCC1.I. The van der Waals surface area contributed by atoms with E-state index in [1.807, 2.05) is 0 Å². The van der Waals surface area contributed by atoms with E-state index in [9.17, 15) is 4.39 Å². The van der Waals surface area contributed by atoms with Gasteiger partial charge in [-0.25, -0.2) is 4.39 Å². The van der Waals surface area contributed by atoms with Crippen LogP contribution in [0.4, 0.5) is 4.39 Å². The molecule has 1 heterocycles. The Morgan fingerprint density at radius 2 is 1.83 bits per heavy atom. The molecule has 1 saturated heterocycles. The van der Waals surface area contributed by atoms with Crippen molar-refractivity contribution in [2.24, 2.45) is 4.99 Å². The second-order valence-corrected chi connectivity index (χ2v) is 7.97. The van der Waals surface area contributed by atoms with Gasteiger partial charge in [0.25, 0.3) is 0 Å². The molecule has 1 aliphatic heterocycles. The fraction of sp³-hybridized carbons (Fsp3) is 0.682. The molecule has 8 heteroatoms. The van der Waals surface area contributed by atoms with Crippen molar-refractivity contribution in [1.82, 2.24) is 15.5 Å². The summed E-state index contributed by atoms with van der Waals surface area (Å²) < 4.78 is 24.4. The Morgan fingerprint density at radius 1 is 1.17 bits per heavy atom. The lowest BCUT2D eigenvalue weighted by Crippen LogP contribution is -2.60. The molecular formula is C22H36FIN4O2. The highest BCUT2D eigenvalue weighted by Gasteiger charge is 2.38. The number of benzene rings is 1. The van der Waals surface area contributed by atoms with Gasteiger partial charge >= 0.3 is 0 Å². The molecule has 2 aliphatic rings. The van der Waals surface area contributed by atoms with Gasteiger partial charge in [-0.3, -0.25) is 9.89 Å². The van der Waals surface area contributed by atoms with E-state index in [1.165, 1.54) is 44.2 Å². The van der Waals surface area contributed by atoms with Gasteiger partial charge in [-0.1, -0.05) is 31.4 Å². The van der Waals surface area contributed by atoms with Crippen LogP contribution in [0.15, 0.2) is 29.3 Å². The number of hydrogen-bond donors (Lipinski definition) is 2. The monoisotopic (exact) mass is 534 g/mol. The number of nitrogens with zero attached hydrogens (tertiary/aromatic N) is 2. The van der Waals surface area contributed by atoms with Crippen molar-refractivity contribution in [2.75, 3.05) is 53.6 Å². The summed E-state index contributed by atoms with van der Waals surface area (Å²) in [6, 6.07) is 6.45. The Bertz CT molecular complexity index is 647. The number of nitrogens with one attached hydrogen (secondary N) is 2. The van der Waals surface area contributed by atoms with Crippen LogP contribution in [0.2, 0.25) is 0 Å². The van der Waals surface area contributed by atoms with E-state index < -0.39 is 0 Å². The molecule has 0 bridgehead atoms. The van der Waals surface area contributed by atoms with Gasteiger partial charge in [0.2, 0.25) is 0 Å². The Hall–Kier alpha value is -0.970. The molecule has 3 rings (SSSR count). The summed E-state index contributed by atoms with van der Waals surface area (Å²) in [6.07, 6.45) is 6.15. The van der Waals surface area contributed by atoms with Crippen LogP contribution in [0, 0.1) is 5.82 Å². The lowest BCUT2D eigenvalue weighted by Gasteiger charge is -2.48. The topological polar surface area (TPSA) is 58.1 Å². The third-order valence-corrected chi connectivity index (χ3v) is 6.26. The number of aliphatic imine (C=N–C) groups is 1. The van der Waals surface area contributed by atoms with Gasteiger partial charge in [-0.15, -0.1) is 24.0 Å².